The Hall–Kier alpha value is -2.02. The molecule has 2 amide bonds. The van der Waals surface area contributed by atoms with Crippen molar-refractivity contribution in [3.8, 4) is 0 Å². The van der Waals surface area contributed by atoms with Gasteiger partial charge in [-0.25, -0.2) is 8.78 Å². The lowest BCUT2D eigenvalue weighted by molar-refractivity contribution is -0.135. The summed E-state index contributed by atoms with van der Waals surface area (Å²) < 4.78 is 27.5. The lowest BCUT2D eigenvalue weighted by atomic mass is 9.98. The molecule has 1 fully saturated rings. The minimum atomic E-state index is -0.878. The minimum absolute atomic E-state index is 0.0738. The fourth-order valence-corrected chi connectivity index (χ4v) is 2.70. The zero-order valence-electron chi connectivity index (χ0n) is 14.0. The van der Waals surface area contributed by atoms with E-state index in [0.29, 0.717) is 13.1 Å². The van der Waals surface area contributed by atoms with Gasteiger partial charge in [0, 0.05) is 26.2 Å². The van der Waals surface area contributed by atoms with Crippen LogP contribution >= 0.6 is 0 Å². The van der Waals surface area contributed by atoms with Crippen LogP contribution in [0.4, 0.5) is 8.78 Å². The van der Waals surface area contributed by atoms with Gasteiger partial charge in [-0.15, -0.1) is 0 Å². The second kappa shape index (κ2) is 7.70. The monoisotopic (exact) mass is 339 g/mol. The molecule has 2 atom stereocenters. The van der Waals surface area contributed by atoms with Gasteiger partial charge in [0.15, 0.2) is 0 Å². The van der Waals surface area contributed by atoms with E-state index in [4.69, 9.17) is 5.73 Å². The highest BCUT2D eigenvalue weighted by molar-refractivity contribution is 5.95. The Morgan fingerprint density at radius 3 is 2.12 bits per heavy atom. The fraction of sp³-hybridized carbons (Fsp3) is 0.529. The van der Waals surface area contributed by atoms with Crippen molar-refractivity contribution in [2.45, 2.75) is 26.3 Å². The predicted octanol–water partition coefficient (Wildman–Crippen LogP) is 1.62. The number of piperazine rings is 1. The molecule has 0 bridgehead atoms. The molecule has 2 N–H and O–H groups in total. The largest absolute Gasteiger partial charge is 0.338 e. The zero-order chi connectivity index (χ0) is 17.9. The van der Waals surface area contributed by atoms with Gasteiger partial charge in [0.2, 0.25) is 5.91 Å². The van der Waals surface area contributed by atoms with Crippen molar-refractivity contribution in [3.05, 3.63) is 35.4 Å². The Morgan fingerprint density at radius 1 is 1.12 bits per heavy atom. The number of amides is 2. The third kappa shape index (κ3) is 3.72. The topological polar surface area (TPSA) is 66.6 Å². The highest BCUT2D eigenvalue weighted by Gasteiger charge is 2.31. The first-order chi connectivity index (χ1) is 11.4. The highest BCUT2D eigenvalue weighted by Crippen LogP contribution is 2.17. The normalized spacial score (nSPS) is 17.5. The number of rotatable bonds is 4. The molecule has 7 heteroatoms. The molecular formula is C17H23F2N3O2. The van der Waals surface area contributed by atoms with E-state index < -0.39 is 29.1 Å². The number of hydrogen-bond acceptors (Lipinski definition) is 3. The standard InChI is InChI=1S/C17H23F2N3O2/c1-3-11(2)15(20)17(24)22-9-7-21(8-10-22)16(23)14-12(18)5-4-6-13(14)19/h4-6,11,15H,3,7-10,20H2,1-2H3. The summed E-state index contributed by atoms with van der Waals surface area (Å²) in [5, 5.41) is 0. The molecule has 0 saturated carbocycles. The first-order valence-corrected chi connectivity index (χ1v) is 8.14. The fourth-order valence-electron chi connectivity index (χ4n) is 2.70. The minimum Gasteiger partial charge on any atom is -0.338 e. The molecule has 1 aromatic rings. The molecule has 2 unspecified atom stereocenters. The lowest BCUT2D eigenvalue weighted by Gasteiger charge is -2.36. The average Bonchev–Trinajstić information content (AvgIpc) is 2.59. The SMILES string of the molecule is CCC(C)C(N)C(=O)N1CCN(C(=O)c2c(F)cccc2F)CC1. The van der Waals surface area contributed by atoms with E-state index in [2.05, 4.69) is 0 Å². The van der Waals surface area contributed by atoms with E-state index >= 15 is 0 Å². The number of halogens is 2. The summed E-state index contributed by atoms with van der Waals surface area (Å²) in [5.41, 5.74) is 5.41. The molecule has 1 aromatic carbocycles. The first kappa shape index (κ1) is 18.3. The van der Waals surface area contributed by atoms with Gasteiger partial charge in [0.05, 0.1) is 6.04 Å². The van der Waals surface area contributed by atoms with Crippen molar-refractivity contribution in [2.24, 2.45) is 11.7 Å². The van der Waals surface area contributed by atoms with Crippen LogP contribution in [0, 0.1) is 17.6 Å². The van der Waals surface area contributed by atoms with E-state index in [-0.39, 0.29) is 24.9 Å². The van der Waals surface area contributed by atoms with Gasteiger partial charge < -0.3 is 15.5 Å². The molecule has 0 spiro atoms. The van der Waals surface area contributed by atoms with Crippen molar-refractivity contribution in [1.29, 1.82) is 0 Å². The third-order valence-electron chi connectivity index (χ3n) is 4.60. The van der Waals surface area contributed by atoms with Gasteiger partial charge in [0.25, 0.3) is 5.91 Å². The van der Waals surface area contributed by atoms with Crippen molar-refractivity contribution < 1.29 is 18.4 Å². The van der Waals surface area contributed by atoms with Gasteiger partial charge in [0.1, 0.15) is 17.2 Å². The predicted molar refractivity (Wildman–Crippen MR) is 86.3 cm³/mol. The Labute approximate surface area is 140 Å². The lowest BCUT2D eigenvalue weighted by Crippen LogP contribution is -2.55. The molecular weight excluding hydrogens is 316 g/mol. The smallest absolute Gasteiger partial charge is 0.259 e. The van der Waals surface area contributed by atoms with E-state index in [1.165, 1.54) is 11.0 Å². The maximum Gasteiger partial charge on any atom is 0.259 e. The Kier molecular flexibility index (Phi) is 5.88. The van der Waals surface area contributed by atoms with Crippen LogP contribution in [0.3, 0.4) is 0 Å². The number of nitrogens with two attached hydrogens (primary N) is 1. The number of carbonyl (C=O) groups excluding carboxylic acids is 2. The third-order valence-corrected chi connectivity index (χ3v) is 4.60. The van der Waals surface area contributed by atoms with Crippen LogP contribution in [-0.2, 0) is 4.79 Å². The van der Waals surface area contributed by atoms with Crippen LogP contribution in [0.25, 0.3) is 0 Å². The van der Waals surface area contributed by atoms with E-state index in [9.17, 15) is 18.4 Å². The molecule has 1 aliphatic rings. The van der Waals surface area contributed by atoms with E-state index in [1.807, 2.05) is 13.8 Å². The summed E-state index contributed by atoms with van der Waals surface area (Å²) in [7, 11) is 0. The van der Waals surface area contributed by atoms with Crippen LogP contribution in [0.15, 0.2) is 18.2 Å². The summed E-state index contributed by atoms with van der Waals surface area (Å²) >= 11 is 0. The van der Waals surface area contributed by atoms with Crippen LogP contribution in [-0.4, -0.2) is 53.8 Å². The maximum absolute atomic E-state index is 13.7. The molecule has 0 aliphatic carbocycles. The van der Waals surface area contributed by atoms with E-state index in [1.54, 1.807) is 4.90 Å². The van der Waals surface area contributed by atoms with Gasteiger partial charge in [-0.2, -0.15) is 0 Å². The molecule has 1 aliphatic heterocycles. The van der Waals surface area contributed by atoms with Gasteiger partial charge in [-0.1, -0.05) is 26.3 Å². The maximum atomic E-state index is 13.7. The molecule has 1 heterocycles. The van der Waals surface area contributed by atoms with Crippen LogP contribution in [0.5, 0.6) is 0 Å². The Bertz CT molecular complexity index is 596. The molecule has 132 valence electrons. The van der Waals surface area contributed by atoms with Crippen molar-refractivity contribution in [2.75, 3.05) is 26.2 Å². The highest BCUT2D eigenvalue weighted by atomic mass is 19.1. The summed E-state index contributed by atoms with van der Waals surface area (Å²) in [4.78, 5) is 27.6. The molecule has 0 radical (unpaired) electrons. The molecule has 24 heavy (non-hydrogen) atoms. The van der Waals surface area contributed by atoms with Crippen LogP contribution in [0.1, 0.15) is 30.6 Å². The number of benzene rings is 1. The quantitative estimate of drug-likeness (QED) is 0.906. The molecule has 2 rings (SSSR count). The molecule has 0 aromatic heterocycles. The average molecular weight is 339 g/mol. The summed E-state index contributed by atoms with van der Waals surface area (Å²) in [6.07, 6.45) is 0.803. The summed E-state index contributed by atoms with van der Waals surface area (Å²) in [6.45, 7) is 4.97. The van der Waals surface area contributed by atoms with Crippen LogP contribution in [0.2, 0.25) is 0 Å². The molecule has 1 saturated heterocycles. The molecule has 5 nitrogen and oxygen atoms in total. The Morgan fingerprint density at radius 2 is 1.62 bits per heavy atom. The van der Waals surface area contributed by atoms with Gasteiger partial charge >= 0.3 is 0 Å². The van der Waals surface area contributed by atoms with Crippen molar-refractivity contribution >= 4 is 11.8 Å². The Balaban J connectivity index is 2.00. The first-order valence-electron chi connectivity index (χ1n) is 8.14. The number of carbonyl (C=O) groups is 2. The summed E-state index contributed by atoms with van der Waals surface area (Å²) in [5.74, 6) is -2.52. The van der Waals surface area contributed by atoms with Crippen molar-refractivity contribution in [1.82, 2.24) is 9.80 Å². The van der Waals surface area contributed by atoms with Crippen LogP contribution < -0.4 is 5.73 Å². The zero-order valence-corrected chi connectivity index (χ0v) is 14.0. The number of hydrogen-bond donors (Lipinski definition) is 1. The number of nitrogens with zero attached hydrogens (tertiary/aromatic N) is 2. The second-order valence-electron chi connectivity index (χ2n) is 6.13. The van der Waals surface area contributed by atoms with Gasteiger partial charge in [-0.05, 0) is 18.1 Å². The van der Waals surface area contributed by atoms with Crippen molar-refractivity contribution in [3.63, 3.8) is 0 Å². The summed E-state index contributed by atoms with van der Waals surface area (Å²) in [6, 6.07) is 2.76. The van der Waals surface area contributed by atoms with Gasteiger partial charge in [-0.3, -0.25) is 9.59 Å². The van der Waals surface area contributed by atoms with E-state index in [0.717, 1.165) is 18.6 Å². The second-order valence-corrected chi connectivity index (χ2v) is 6.13.